The Morgan fingerprint density at radius 1 is 1.55 bits per heavy atom. The standard InChI is InChI=1S/C7H16N2O2/c1-5(2)4-11-6(3)7(8)9-10/h5-6,10H,4H2,1-3H3,(H2,8,9). The van der Waals surface area contributed by atoms with Crippen LogP contribution in [0.25, 0.3) is 0 Å². The molecule has 0 aromatic carbocycles. The van der Waals surface area contributed by atoms with Crippen LogP contribution in [0.5, 0.6) is 0 Å². The SMILES string of the molecule is CC(C)COC(C)C(N)=NO. The van der Waals surface area contributed by atoms with Gasteiger partial charge in [0, 0.05) is 6.61 Å². The van der Waals surface area contributed by atoms with Gasteiger partial charge in [-0.3, -0.25) is 0 Å². The summed E-state index contributed by atoms with van der Waals surface area (Å²) in [5.74, 6) is 0.578. The monoisotopic (exact) mass is 160 g/mol. The van der Waals surface area contributed by atoms with Crippen LogP contribution in [0.2, 0.25) is 0 Å². The molecule has 0 saturated carbocycles. The molecule has 0 fully saturated rings. The van der Waals surface area contributed by atoms with E-state index in [0.29, 0.717) is 12.5 Å². The highest BCUT2D eigenvalue weighted by molar-refractivity contribution is 5.83. The molecule has 0 spiro atoms. The Balaban J connectivity index is 3.61. The molecule has 11 heavy (non-hydrogen) atoms. The second kappa shape index (κ2) is 4.96. The first-order valence-electron chi connectivity index (χ1n) is 3.67. The first-order valence-corrected chi connectivity index (χ1v) is 3.67. The molecular weight excluding hydrogens is 144 g/mol. The van der Waals surface area contributed by atoms with Gasteiger partial charge in [0.2, 0.25) is 0 Å². The fraction of sp³-hybridized carbons (Fsp3) is 0.857. The van der Waals surface area contributed by atoms with Crippen LogP contribution in [0.4, 0.5) is 0 Å². The highest BCUT2D eigenvalue weighted by atomic mass is 16.5. The van der Waals surface area contributed by atoms with Crippen LogP contribution in [0.3, 0.4) is 0 Å². The maximum Gasteiger partial charge on any atom is 0.168 e. The quantitative estimate of drug-likeness (QED) is 0.276. The van der Waals surface area contributed by atoms with Crippen LogP contribution in [-0.2, 0) is 4.74 Å². The minimum Gasteiger partial charge on any atom is -0.409 e. The van der Waals surface area contributed by atoms with Crippen LogP contribution >= 0.6 is 0 Å². The van der Waals surface area contributed by atoms with E-state index >= 15 is 0 Å². The second-order valence-corrected chi connectivity index (χ2v) is 2.89. The van der Waals surface area contributed by atoms with Gasteiger partial charge in [0.1, 0.15) is 6.10 Å². The molecular formula is C7H16N2O2. The molecule has 4 heteroatoms. The highest BCUT2D eigenvalue weighted by Crippen LogP contribution is 1.97. The van der Waals surface area contributed by atoms with Gasteiger partial charge in [-0.2, -0.15) is 0 Å². The van der Waals surface area contributed by atoms with E-state index in [1.54, 1.807) is 6.92 Å². The molecule has 0 bridgehead atoms. The number of hydrogen-bond acceptors (Lipinski definition) is 3. The van der Waals surface area contributed by atoms with E-state index in [9.17, 15) is 0 Å². The third-order valence-corrected chi connectivity index (χ3v) is 1.21. The minimum absolute atomic E-state index is 0.116. The molecule has 1 atom stereocenters. The first-order chi connectivity index (χ1) is 5.07. The Morgan fingerprint density at radius 3 is 2.45 bits per heavy atom. The third-order valence-electron chi connectivity index (χ3n) is 1.21. The minimum atomic E-state index is -0.303. The summed E-state index contributed by atoms with van der Waals surface area (Å²) in [5.41, 5.74) is 5.28. The molecule has 0 aliphatic carbocycles. The van der Waals surface area contributed by atoms with Gasteiger partial charge in [-0.25, -0.2) is 0 Å². The van der Waals surface area contributed by atoms with Crippen LogP contribution < -0.4 is 5.73 Å². The molecule has 4 nitrogen and oxygen atoms in total. The Hall–Kier alpha value is -0.770. The Labute approximate surface area is 67.0 Å². The predicted octanol–water partition coefficient (Wildman–Crippen LogP) is 0.794. The zero-order chi connectivity index (χ0) is 8.85. The number of amidine groups is 1. The number of rotatable bonds is 4. The van der Waals surface area contributed by atoms with Crippen molar-refractivity contribution in [1.29, 1.82) is 0 Å². The summed E-state index contributed by atoms with van der Waals surface area (Å²) < 4.78 is 5.24. The van der Waals surface area contributed by atoms with Crippen molar-refractivity contribution in [2.24, 2.45) is 16.8 Å². The van der Waals surface area contributed by atoms with E-state index in [-0.39, 0.29) is 11.9 Å². The van der Waals surface area contributed by atoms with Gasteiger partial charge >= 0.3 is 0 Å². The molecule has 1 unspecified atom stereocenters. The zero-order valence-electron chi connectivity index (χ0n) is 7.24. The number of oxime groups is 1. The number of nitrogens with zero attached hydrogens (tertiary/aromatic N) is 1. The molecule has 0 aromatic rings. The summed E-state index contributed by atoms with van der Waals surface area (Å²) in [6.45, 7) is 6.45. The van der Waals surface area contributed by atoms with E-state index in [0.717, 1.165) is 0 Å². The summed E-state index contributed by atoms with van der Waals surface area (Å²) in [6.07, 6.45) is -0.303. The lowest BCUT2D eigenvalue weighted by molar-refractivity contribution is 0.0843. The van der Waals surface area contributed by atoms with Crippen LogP contribution in [-0.4, -0.2) is 23.8 Å². The van der Waals surface area contributed by atoms with Crippen molar-refractivity contribution in [1.82, 2.24) is 0 Å². The number of nitrogens with two attached hydrogens (primary N) is 1. The van der Waals surface area contributed by atoms with Gasteiger partial charge in [0.15, 0.2) is 5.84 Å². The van der Waals surface area contributed by atoms with Crippen LogP contribution in [0.1, 0.15) is 20.8 Å². The molecule has 0 aliphatic heterocycles. The molecule has 0 amide bonds. The molecule has 0 aromatic heterocycles. The maximum absolute atomic E-state index is 8.25. The maximum atomic E-state index is 8.25. The second-order valence-electron chi connectivity index (χ2n) is 2.89. The fourth-order valence-corrected chi connectivity index (χ4v) is 0.503. The van der Waals surface area contributed by atoms with Gasteiger partial charge in [0.05, 0.1) is 0 Å². The summed E-state index contributed by atoms with van der Waals surface area (Å²) in [6, 6.07) is 0. The molecule has 0 radical (unpaired) electrons. The van der Waals surface area contributed by atoms with E-state index in [4.69, 9.17) is 15.7 Å². The predicted molar refractivity (Wildman–Crippen MR) is 43.7 cm³/mol. The van der Waals surface area contributed by atoms with Gasteiger partial charge in [0.25, 0.3) is 0 Å². The molecule has 3 N–H and O–H groups in total. The van der Waals surface area contributed by atoms with E-state index < -0.39 is 0 Å². The Morgan fingerprint density at radius 2 is 2.09 bits per heavy atom. The van der Waals surface area contributed by atoms with Crippen LogP contribution in [0, 0.1) is 5.92 Å². The molecule has 0 saturated heterocycles. The van der Waals surface area contributed by atoms with Crippen molar-refractivity contribution in [2.45, 2.75) is 26.9 Å². The molecule has 0 rings (SSSR count). The summed E-state index contributed by atoms with van der Waals surface area (Å²) in [7, 11) is 0. The smallest absolute Gasteiger partial charge is 0.168 e. The molecule has 0 heterocycles. The normalized spacial score (nSPS) is 15.5. The van der Waals surface area contributed by atoms with Crippen LogP contribution in [0.15, 0.2) is 5.16 Å². The van der Waals surface area contributed by atoms with Crippen molar-refractivity contribution in [2.75, 3.05) is 6.61 Å². The average Bonchev–Trinajstić information content (AvgIpc) is 1.98. The summed E-state index contributed by atoms with van der Waals surface area (Å²) in [5, 5.41) is 11.1. The average molecular weight is 160 g/mol. The fourth-order valence-electron chi connectivity index (χ4n) is 0.503. The van der Waals surface area contributed by atoms with Crippen molar-refractivity contribution < 1.29 is 9.94 Å². The lowest BCUT2D eigenvalue weighted by Gasteiger charge is -2.12. The summed E-state index contributed by atoms with van der Waals surface area (Å²) in [4.78, 5) is 0. The largest absolute Gasteiger partial charge is 0.409 e. The van der Waals surface area contributed by atoms with Gasteiger partial charge in [-0.1, -0.05) is 19.0 Å². The highest BCUT2D eigenvalue weighted by Gasteiger charge is 2.07. The summed E-state index contributed by atoms with van der Waals surface area (Å²) >= 11 is 0. The van der Waals surface area contributed by atoms with Crippen molar-refractivity contribution in [3.63, 3.8) is 0 Å². The van der Waals surface area contributed by atoms with E-state index in [2.05, 4.69) is 5.16 Å². The lowest BCUT2D eigenvalue weighted by Crippen LogP contribution is -2.29. The number of ether oxygens (including phenoxy) is 1. The molecule has 66 valence electrons. The topological polar surface area (TPSA) is 67.8 Å². The lowest BCUT2D eigenvalue weighted by atomic mass is 10.2. The number of hydrogen-bond donors (Lipinski definition) is 2. The van der Waals surface area contributed by atoms with Gasteiger partial charge < -0.3 is 15.7 Å². The van der Waals surface area contributed by atoms with Crippen molar-refractivity contribution in [3.8, 4) is 0 Å². The van der Waals surface area contributed by atoms with Crippen molar-refractivity contribution >= 4 is 5.84 Å². The zero-order valence-corrected chi connectivity index (χ0v) is 7.24. The van der Waals surface area contributed by atoms with Gasteiger partial charge in [-0.15, -0.1) is 0 Å². The van der Waals surface area contributed by atoms with E-state index in [1.165, 1.54) is 0 Å². The first kappa shape index (κ1) is 10.2. The van der Waals surface area contributed by atoms with Gasteiger partial charge in [-0.05, 0) is 12.8 Å². The molecule has 0 aliphatic rings. The van der Waals surface area contributed by atoms with E-state index in [1.807, 2.05) is 13.8 Å². The Kier molecular flexibility index (Phi) is 4.61. The Bertz CT molecular complexity index is 134. The third kappa shape index (κ3) is 4.61. The van der Waals surface area contributed by atoms with Crippen molar-refractivity contribution in [3.05, 3.63) is 0 Å².